The van der Waals surface area contributed by atoms with Gasteiger partial charge in [-0.15, -0.1) is 0 Å². The van der Waals surface area contributed by atoms with Crippen molar-refractivity contribution in [1.29, 1.82) is 0 Å². The minimum atomic E-state index is -0.705. The predicted octanol–water partition coefficient (Wildman–Crippen LogP) is 1.65. The molecule has 0 atom stereocenters. The molecule has 0 fully saturated rings. The Morgan fingerprint density at radius 2 is 2.00 bits per heavy atom. The molecule has 21 heavy (non-hydrogen) atoms. The molecule has 0 radical (unpaired) electrons. The van der Waals surface area contributed by atoms with Gasteiger partial charge in [-0.05, 0) is 31.4 Å². The van der Waals surface area contributed by atoms with E-state index in [-0.39, 0.29) is 0 Å². The van der Waals surface area contributed by atoms with Gasteiger partial charge in [-0.25, -0.2) is 4.98 Å². The summed E-state index contributed by atoms with van der Waals surface area (Å²) in [6.07, 6.45) is 4.39. The summed E-state index contributed by atoms with van der Waals surface area (Å²) in [5.74, 6) is -0.960. The molecule has 1 aromatic rings. The second kappa shape index (κ2) is 9.88. The van der Waals surface area contributed by atoms with Gasteiger partial charge in [0, 0.05) is 26.0 Å². The van der Waals surface area contributed by atoms with E-state index in [0.717, 1.165) is 25.0 Å². The van der Waals surface area contributed by atoms with Crippen LogP contribution in [0, 0.1) is 6.92 Å². The number of hydrogen-bond donors (Lipinski definition) is 2. The fraction of sp³-hybridized carbons (Fsp3) is 0.533. The van der Waals surface area contributed by atoms with Crippen molar-refractivity contribution in [1.82, 2.24) is 10.3 Å². The molecular weight excluding hydrogens is 270 g/mol. The predicted molar refractivity (Wildman–Crippen MR) is 81.0 cm³/mol. The molecule has 0 unspecified atom stereocenters. The zero-order valence-electron chi connectivity index (χ0n) is 12.6. The summed E-state index contributed by atoms with van der Waals surface area (Å²) in [5.41, 5.74) is 0.808. The zero-order chi connectivity index (χ0) is 15.5. The number of carbonyl (C=O) groups excluding carboxylic acids is 2. The fourth-order valence-corrected chi connectivity index (χ4v) is 1.59. The fourth-order valence-electron chi connectivity index (χ4n) is 1.59. The van der Waals surface area contributed by atoms with Crippen molar-refractivity contribution < 1.29 is 14.3 Å². The first-order valence-electron chi connectivity index (χ1n) is 7.23. The number of unbranched alkanes of at least 4 members (excludes halogenated alkanes) is 1. The molecule has 0 aliphatic heterocycles. The normalized spacial score (nSPS) is 10.2. The molecule has 6 heteroatoms. The Balaban J connectivity index is 2.20. The molecule has 0 aromatic carbocycles. The number of aryl methyl sites for hydroxylation is 1. The van der Waals surface area contributed by atoms with E-state index in [1.165, 1.54) is 0 Å². The quantitative estimate of drug-likeness (QED) is 0.564. The van der Waals surface area contributed by atoms with Crippen LogP contribution >= 0.6 is 0 Å². The molecule has 0 aliphatic rings. The number of ether oxygens (including phenoxy) is 1. The molecule has 1 rings (SSSR count). The molecule has 0 spiro atoms. The Kier molecular flexibility index (Phi) is 8.04. The Labute approximate surface area is 125 Å². The third-order valence-electron chi connectivity index (χ3n) is 2.84. The highest BCUT2D eigenvalue weighted by Crippen LogP contribution is 2.08. The lowest BCUT2D eigenvalue weighted by atomic mass is 10.3. The van der Waals surface area contributed by atoms with Gasteiger partial charge in [0.25, 0.3) is 0 Å². The van der Waals surface area contributed by atoms with Crippen LogP contribution in [0.25, 0.3) is 0 Å². The van der Waals surface area contributed by atoms with Crippen LogP contribution in [0.3, 0.4) is 0 Å². The van der Waals surface area contributed by atoms with Gasteiger partial charge >= 0.3 is 11.8 Å². The van der Waals surface area contributed by atoms with E-state index < -0.39 is 11.8 Å². The highest BCUT2D eigenvalue weighted by Gasteiger charge is 2.14. The first-order chi connectivity index (χ1) is 10.1. The van der Waals surface area contributed by atoms with E-state index in [1.807, 2.05) is 13.0 Å². The van der Waals surface area contributed by atoms with Gasteiger partial charge < -0.3 is 15.4 Å². The summed E-state index contributed by atoms with van der Waals surface area (Å²) in [6, 6.07) is 3.58. The van der Waals surface area contributed by atoms with Gasteiger partial charge in [-0.3, -0.25) is 9.59 Å². The number of pyridine rings is 1. The summed E-state index contributed by atoms with van der Waals surface area (Å²) >= 11 is 0. The Morgan fingerprint density at radius 3 is 2.71 bits per heavy atom. The number of nitrogens with one attached hydrogen (secondary N) is 2. The standard InChI is InChI=1S/C15H23N3O3/c1-3-4-10-21-11-6-9-17-14(19)15(20)18-13-12(2)7-5-8-16-13/h5,7-8H,3-4,6,9-11H2,1-2H3,(H,17,19)(H,16,18,20). The van der Waals surface area contributed by atoms with Crippen LogP contribution in [0.4, 0.5) is 5.82 Å². The minimum absolute atomic E-state index is 0.403. The second-order valence-corrected chi connectivity index (χ2v) is 4.70. The Morgan fingerprint density at radius 1 is 1.24 bits per heavy atom. The van der Waals surface area contributed by atoms with Crippen LogP contribution in [0.2, 0.25) is 0 Å². The van der Waals surface area contributed by atoms with Gasteiger partial charge in [0.1, 0.15) is 5.82 Å². The van der Waals surface area contributed by atoms with E-state index in [1.54, 1.807) is 12.3 Å². The molecule has 0 aliphatic carbocycles. The van der Waals surface area contributed by atoms with Gasteiger partial charge in [0.15, 0.2) is 0 Å². The monoisotopic (exact) mass is 293 g/mol. The summed E-state index contributed by atoms with van der Waals surface area (Å²) < 4.78 is 5.37. The van der Waals surface area contributed by atoms with E-state index in [4.69, 9.17) is 4.74 Å². The van der Waals surface area contributed by atoms with Crippen molar-refractivity contribution in [3.8, 4) is 0 Å². The van der Waals surface area contributed by atoms with E-state index in [2.05, 4.69) is 22.5 Å². The maximum atomic E-state index is 11.7. The SMILES string of the molecule is CCCCOCCCNC(=O)C(=O)Nc1ncccc1C. The number of nitrogens with zero attached hydrogens (tertiary/aromatic N) is 1. The first-order valence-corrected chi connectivity index (χ1v) is 7.23. The number of carbonyl (C=O) groups is 2. The summed E-state index contributed by atoms with van der Waals surface area (Å²) in [4.78, 5) is 27.3. The van der Waals surface area contributed by atoms with Crippen LogP contribution in [0.5, 0.6) is 0 Å². The number of hydrogen-bond acceptors (Lipinski definition) is 4. The van der Waals surface area contributed by atoms with E-state index >= 15 is 0 Å². The van der Waals surface area contributed by atoms with Crippen molar-refractivity contribution in [2.45, 2.75) is 33.1 Å². The molecule has 2 N–H and O–H groups in total. The maximum Gasteiger partial charge on any atom is 0.314 e. The number of amides is 2. The van der Waals surface area contributed by atoms with Crippen molar-refractivity contribution in [3.63, 3.8) is 0 Å². The van der Waals surface area contributed by atoms with E-state index in [0.29, 0.717) is 25.4 Å². The summed E-state index contributed by atoms with van der Waals surface area (Å²) in [7, 11) is 0. The van der Waals surface area contributed by atoms with Gasteiger partial charge in [-0.1, -0.05) is 19.4 Å². The average molecular weight is 293 g/mol. The van der Waals surface area contributed by atoms with Crippen LogP contribution in [-0.4, -0.2) is 36.6 Å². The Hall–Kier alpha value is -1.95. The van der Waals surface area contributed by atoms with Gasteiger partial charge in [-0.2, -0.15) is 0 Å². The lowest BCUT2D eigenvalue weighted by Crippen LogP contribution is -2.36. The molecule has 1 heterocycles. The van der Waals surface area contributed by atoms with Crippen molar-refractivity contribution in [3.05, 3.63) is 23.9 Å². The van der Waals surface area contributed by atoms with Crippen molar-refractivity contribution in [2.24, 2.45) is 0 Å². The third-order valence-corrected chi connectivity index (χ3v) is 2.84. The molecule has 2 amide bonds. The van der Waals surface area contributed by atoms with Crippen LogP contribution in [0.1, 0.15) is 31.7 Å². The van der Waals surface area contributed by atoms with Gasteiger partial charge in [0.05, 0.1) is 0 Å². The molecule has 116 valence electrons. The molecular formula is C15H23N3O3. The van der Waals surface area contributed by atoms with Crippen LogP contribution < -0.4 is 10.6 Å². The Bertz CT molecular complexity index is 463. The molecule has 1 aromatic heterocycles. The number of anilines is 1. The number of aromatic nitrogens is 1. The molecule has 0 saturated heterocycles. The second-order valence-electron chi connectivity index (χ2n) is 4.70. The third kappa shape index (κ3) is 6.85. The zero-order valence-corrected chi connectivity index (χ0v) is 12.6. The summed E-state index contributed by atoms with van der Waals surface area (Å²) in [6.45, 7) is 5.66. The lowest BCUT2D eigenvalue weighted by molar-refractivity contribution is -0.136. The van der Waals surface area contributed by atoms with Crippen molar-refractivity contribution in [2.75, 3.05) is 25.1 Å². The highest BCUT2D eigenvalue weighted by molar-refractivity contribution is 6.39. The minimum Gasteiger partial charge on any atom is -0.381 e. The maximum absolute atomic E-state index is 11.7. The highest BCUT2D eigenvalue weighted by atomic mass is 16.5. The average Bonchev–Trinajstić information content (AvgIpc) is 2.48. The topological polar surface area (TPSA) is 80.3 Å². The largest absolute Gasteiger partial charge is 0.381 e. The molecule has 6 nitrogen and oxygen atoms in total. The number of rotatable bonds is 8. The first kappa shape index (κ1) is 17.1. The van der Waals surface area contributed by atoms with Crippen LogP contribution in [-0.2, 0) is 14.3 Å². The molecule has 0 saturated carbocycles. The smallest absolute Gasteiger partial charge is 0.314 e. The summed E-state index contributed by atoms with van der Waals surface area (Å²) in [5, 5.41) is 5.04. The lowest BCUT2D eigenvalue weighted by Gasteiger charge is -2.08. The van der Waals surface area contributed by atoms with E-state index in [9.17, 15) is 9.59 Å². The van der Waals surface area contributed by atoms with Gasteiger partial charge in [0.2, 0.25) is 0 Å². The van der Waals surface area contributed by atoms with Crippen molar-refractivity contribution >= 4 is 17.6 Å². The molecule has 0 bridgehead atoms. The van der Waals surface area contributed by atoms with Crippen LogP contribution in [0.15, 0.2) is 18.3 Å².